The number of nitrogens with zero attached hydrogens (tertiary/aromatic N) is 1. The lowest BCUT2D eigenvalue weighted by molar-refractivity contribution is 0.415. The largest absolute Gasteiger partial charge is 0.497 e. The Kier molecular flexibility index (Phi) is 4.93. The highest BCUT2D eigenvalue weighted by molar-refractivity contribution is 8.06. The summed E-state index contributed by atoms with van der Waals surface area (Å²) in [4.78, 5) is 2.21. The standard InChI is InChI=1S/C22H19NO2PS/c1-23-21-9-5-3-7-18(21)20(19-8-4-6-10-22(19)23)15-25-26(27)17-13-11-16(24-2)12-14-17/h3-15H,1-2H3/q+1. The van der Waals surface area contributed by atoms with E-state index in [9.17, 15) is 0 Å². The van der Waals surface area contributed by atoms with Gasteiger partial charge in [0.25, 0.3) is 0 Å². The normalized spacial score (nSPS) is 12.7. The zero-order chi connectivity index (χ0) is 18.8. The second kappa shape index (κ2) is 7.51. The first kappa shape index (κ1) is 17.7. The number of hydrogen-bond acceptors (Lipinski definition) is 4. The molecule has 0 saturated heterocycles. The molecule has 3 aromatic carbocycles. The summed E-state index contributed by atoms with van der Waals surface area (Å²) in [5, 5.41) is 0.993. The molecular formula is C22H19NO2PS+. The number of hydrogen-bond donors (Lipinski definition) is 0. The zero-order valence-electron chi connectivity index (χ0n) is 15.1. The topological polar surface area (TPSA) is 21.7 Å². The minimum Gasteiger partial charge on any atom is -0.497 e. The lowest BCUT2D eigenvalue weighted by Gasteiger charge is -2.31. The van der Waals surface area contributed by atoms with E-state index in [-0.39, 0.29) is 0 Å². The van der Waals surface area contributed by atoms with Crippen LogP contribution < -0.4 is 14.9 Å². The summed E-state index contributed by atoms with van der Waals surface area (Å²) in [6.07, 6.45) is 1.83. The third kappa shape index (κ3) is 3.34. The fraction of sp³-hybridized carbons (Fsp3) is 0.0909. The number of rotatable bonds is 4. The van der Waals surface area contributed by atoms with Gasteiger partial charge in [0.15, 0.2) is 6.26 Å². The lowest BCUT2D eigenvalue weighted by atomic mass is 9.91. The number of benzene rings is 3. The highest BCUT2D eigenvalue weighted by atomic mass is 32.4. The third-order valence-corrected chi connectivity index (χ3v) is 6.57. The lowest BCUT2D eigenvalue weighted by Crippen LogP contribution is -2.17. The quantitative estimate of drug-likeness (QED) is 0.440. The molecule has 3 aromatic rings. The van der Waals surface area contributed by atoms with Crippen LogP contribution in [-0.2, 0) is 16.3 Å². The molecule has 0 fully saturated rings. The summed E-state index contributed by atoms with van der Waals surface area (Å²) in [6.45, 7) is -1.17. The van der Waals surface area contributed by atoms with Crippen LogP contribution in [0, 0.1) is 0 Å². The number of anilines is 2. The zero-order valence-corrected chi connectivity index (χ0v) is 16.8. The van der Waals surface area contributed by atoms with Crippen LogP contribution in [0.3, 0.4) is 0 Å². The smallest absolute Gasteiger partial charge is 0.426 e. The van der Waals surface area contributed by atoms with E-state index in [1.165, 1.54) is 0 Å². The maximum atomic E-state index is 6.05. The van der Waals surface area contributed by atoms with Crippen molar-refractivity contribution in [2.75, 3.05) is 19.1 Å². The fourth-order valence-corrected chi connectivity index (χ4v) is 4.46. The first-order valence-electron chi connectivity index (χ1n) is 8.60. The molecule has 5 heteroatoms. The van der Waals surface area contributed by atoms with Crippen LogP contribution in [-0.4, -0.2) is 14.2 Å². The Bertz CT molecular complexity index is 981. The molecule has 1 heterocycles. The van der Waals surface area contributed by atoms with E-state index in [0.29, 0.717) is 0 Å². The number of fused-ring (bicyclic) bond motifs is 2. The van der Waals surface area contributed by atoms with E-state index >= 15 is 0 Å². The molecule has 0 N–H and O–H groups in total. The van der Waals surface area contributed by atoms with Gasteiger partial charge in [-0.1, -0.05) is 36.4 Å². The van der Waals surface area contributed by atoms with E-state index in [4.69, 9.17) is 21.1 Å². The second-order valence-corrected chi connectivity index (χ2v) is 8.42. The number of para-hydroxylation sites is 2. The summed E-state index contributed by atoms with van der Waals surface area (Å²) < 4.78 is 11.3. The first-order chi connectivity index (χ1) is 13.2. The highest BCUT2D eigenvalue weighted by Crippen LogP contribution is 2.44. The molecule has 1 unspecified atom stereocenters. The summed E-state index contributed by atoms with van der Waals surface area (Å²) in [7, 11) is 3.74. The van der Waals surface area contributed by atoms with Gasteiger partial charge in [-0.3, -0.25) is 4.52 Å². The molecule has 1 aliphatic rings. The third-order valence-electron chi connectivity index (χ3n) is 4.66. The van der Waals surface area contributed by atoms with Gasteiger partial charge < -0.3 is 9.64 Å². The molecule has 0 saturated carbocycles. The van der Waals surface area contributed by atoms with Gasteiger partial charge in [0.1, 0.15) is 5.75 Å². The molecule has 0 spiro atoms. The average Bonchev–Trinajstić information content (AvgIpc) is 2.73. The molecule has 0 radical (unpaired) electrons. The number of ether oxygens (including phenoxy) is 1. The van der Waals surface area contributed by atoms with Crippen molar-refractivity contribution in [3.05, 3.63) is 90.2 Å². The molecule has 1 aliphatic heterocycles. The molecule has 1 atom stereocenters. The van der Waals surface area contributed by atoms with Gasteiger partial charge in [0.2, 0.25) is 17.1 Å². The predicted octanol–water partition coefficient (Wildman–Crippen LogP) is 5.37. The summed E-state index contributed by atoms with van der Waals surface area (Å²) >= 11 is 5.62. The van der Waals surface area contributed by atoms with Crippen LogP contribution in [0.15, 0.2) is 79.1 Å². The van der Waals surface area contributed by atoms with E-state index in [0.717, 1.165) is 39.1 Å². The Morgan fingerprint density at radius 2 is 1.41 bits per heavy atom. The monoisotopic (exact) mass is 392 g/mol. The second-order valence-electron chi connectivity index (χ2n) is 6.19. The average molecular weight is 392 g/mol. The fourth-order valence-electron chi connectivity index (χ4n) is 3.25. The summed E-state index contributed by atoms with van der Waals surface area (Å²) in [6, 6.07) is 24.5. The van der Waals surface area contributed by atoms with Crippen LogP contribution in [0.25, 0.3) is 5.57 Å². The van der Waals surface area contributed by atoms with Crippen molar-refractivity contribution >= 4 is 41.0 Å². The SMILES string of the molecule is COc1ccc([P+](=S)OC=C2c3ccccc3N(C)c3ccccc32)cc1. The van der Waals surface area contributed by atoms with Crippen LogP contribution in [0.4, 0.5) is 11.4 Å². The molecule has 4 rings (SSSR count). The molecular weight excluding hydrogens is 373 g/mol. The van der Waals surface area contributed by atoms with E-state index in [2.05, 4.69) is 60.5 Å². The summed E-state index contributed by atoms with van der Waals surface area (Å²) in [5.41, 5.74) is 5.66. The van der Waals surface area contributed by atoms with Crippen LogP contribution in [0.5, 0.6) is 5.75 Å². The van der Waals surface area contributed by atoms with Crippen molar-refractivity contribution in [2.24, 2.45) is 0 Å². The Labute approximate surface area is 165 Å². The Morgan fingerprint density at radius 1 is 0.852 bits per heavy atom. The van der Waals surface area contributed by atoms with Crippen molar-refractivity contribution in [3.63, 3.8) is 0 Å². The molecule has 3 nitrogen and oxygen atoms in total. The van der Waals surface area contributed by atoms with Crippen LogP contribution >= 0.6 is 6.92 Å². The molecule has 134 valence electrons. The van der Waals surface area contributed by atoms with Crippen molar-refractivity contribution in [1.82, 2.24) is 0 Å². The van der Waals surface area contributed by atoms with Crippen LogP contribution in [0.1, 0.15) is 11.1 Å². The predicted molar refractivity (Wildman–Crippen MR) is 116 cm³/mol. The van der Waals surface area contributed by atoms with E-state index in [1.54, 1.807) is 7.11 Å². The van der Waals surface area contributed by atoms with Gasteiger partial charge in [0.05, 0.1) is 7.11 Å². The molecule has 27 heavy (non-hydrogen) atoms. The Hall–Kier alpha value is -2.68. The minimum atomic E-state index is -1.17. The summed E-state index contributed by atoms with van der Waals surface area (Å²) in [5.74, 6) is 0.814. The van der Waals surface area contributed by atoms with Gasteiger partial charge in [-0.15, -0.1) is 0 Å². The highest BCUT2D eigenvalue weighted by Gasteiger charge is 2.25. The van der Waals surface area contributed by atoms with Crippen molar-refractivity contribution in [3.8, 4) is 5.75 Å². The Morgan fingerprint density at radius 3 is 1.96 bits per heavy atom. The van der Waals surface area contributed by atoms with Crippen molar-refractivity contribution in [2.45, 2.75) is 0 Å². The van der Waals surface area contributed by atoms with Crippen LogP contribution in [0.2, 0.25) is 0 Å². The van der Waals surface area contributed by atoms with Gasteiger partial charge in [-0.25, -0.2) is 0 Å². The minimum absolute atomic E-state index is 0.814. The number of methoxy groups -OCH3 is 1. The molecule has 0 aliphatic carbocycles. The Balaban J connectivity index is 1.70. The van der Waals surface area contributed by atoms with Gasteiger partial charge in [0, 0.05) is 35.1 Å². The van der Waals surface area contributed by atoms with Gasteiger partial charge >= 0.3 is 6.92 Å². The van der Waals surface area contributed by atoms with Crippen molar-refractivity contribution in [1.29, 1.82) is 0 Å². The molecule has 0 aromatic heterocycles. The maximum Gasteiger partial charge on any atom is 0.426 e. The van der Waals surface area contributed by atoms with E-state index < -0.39 is 6.92 Å². The van der Waals surface area contributed by atoms with Gasteiger partial charge in [-0.05, 0) is 36.4 Å². The maximum absolute atomic E-state index is 6.05. The first-order valence-corrected chi connectivity index (χ1v) is 10.9. The van der Waals surface area contributed by atoms with Gasteiger partial charge in [-0.2, -0.15) is 0 Å². The van der Waals surface area contributed by atoms with Crippen molar-refractivity contribution < 1.29 is 9.26 Å². The molecule has 0 bridgehead atoms. The molecule has 0 amide bonds. The van der Waals surface area contributed by atoms with E-state index in [1.807, 2.05) is 30.5 Å².